The molecule has 2 aromatic carbocycles. The molecule has 6 heteroatoms. The van der Waals surface area contributed by atoms with E-state index in [1.54, 1.807) is 24.3 Å². The van der Waals surface area contributed by atoms with Crippen molar-refractivity contribution in [3.8, 4) is 0 Å². The van der Waals surface area contributed by atoms with E-state index < -0.39 is 16.0 Å². The first-order valence-electron chi connectivity index (χ1n) is 7.22. The van der Waals surface area contributed by atoms with Gasteiger partial charge in [-0.3, -0.25) is 4.79 Å². The first-order chi connectivity index (χ1) is 10.9. The van der Waals surface area contributed by atoms with E-state index in [4.69, 9.17) is 5.11 Å². The maximum atomic E-state index is 12.8. The Kier molecular flexibility index (Phi) is 5.52. The van der Waals surface area contributed by atoms with Crippen LogP contribution in [0.25, 0.3) is 0 Å². The summed E-state index contributed by atoms with van der Waals surface area (Å²) in [5.41, 5.74) is 1.78. The summed E-state index contributed by atoms with van der Waals surface area (Å²) >= 11 is 0. The number of aryl methyl sites for hydroxylation is 1. The van der Waals surface area contributed by atoms with Crippen molar-refractivity contribution in [3.05, 3.63) is 65.7 Å². The molecule has 122 valence electrons. The lowest BCUT2D eigenvalue weighted by atomic mass is 10.2. The third-order valence-corrected chi connectivity index (χ3v) is 5.29. The van der Waals surface area contributed by atoms with Crippen LogP contribution in [-0.4, -0.2) is 30.3 Å². The number of hydrogen-bond donors (Lipinski definition) is 1. The number of carboxylic acid groups (broad SMARTS) is 1. The summed E-state index contributed by atoms with van der Waals surface area (Å²) in [5.74, 6) is -1.03. The molecule has 0 heterocycles. The van der Waals surface area contributed by atoms with Gasteiger partial charge in [-0.05, 0) is 24.6 Å². The zero-order valence-electron chi connectivity index (χ0n) is 12.8. The van der Waals surface area contributed by atoms with Gasteiger partial charge in [-0.1, -0.05) is 48.0 Å². The average molecular weight is 333 g/mol. The molecule has 0 aliphatic carbocycles. The zero-order chi connectivity index (χ0) is 16.9. The molecule has 0 atom stereocenters. The lowest BCUT2D eigenvalue weighted by Gasteiger charge is -2.22. The van der Waals surface area contributed by atoms with Crippen molar-refractivity contribution in [2.45, 2.75) is 24.8 Å². The summed E-state index contributed by atoms with van der Waals surface area (Å²) in [5, 5.41) is 8.88. The van der Waals surface area contributed by atoms with Crippen LogP contribution in [0.3, 0.4) is 0 Å². The second kappa shape index (κ2) is 7.39. The molecule has 0 fully saturated rings. The topological polar surface area (TPSA) is 74.7 Å². The number of carboxylic acids is 1. The number of hydrogen-bond acceptors (Lipinski definition) is 3. The van der Waals surface area contributed by atoms with Crippen LogP contribution in [0.5, 0.6) is 0 Å². The van der Waals surface area contributed by atoms with Gasteiger partial charge in [0.25, 0.3) is 0 Å². The number of rotatable bonds is 7. The van der Waals surface area contributed by atoms with Crippen molar-refractivity contribution < 1.29 is 18.3 Å². The highest BCUT2D eigenvalue weighted by atomic mass is 32.2. The minimum absolute atomic E-state index is 0.0690. The molecule has 0 saturated heterocycles. The van der Waals surface area contributed by atoms with E-state index in [1.165, 1.54) is 4.31 Å². The molecule has 0 radical (unpaired) electrons. The summed E-state index contributed by atoms with van der Waals surface area (Å²) in [6.07, 6.45) is -0.238. The lowest BCUT2D eigenvalue weighted by molar-refractivity contribution is -0.137. The highest BCUT2D eigenvalue weighted by Gasteiger charge is 2.25. The first-order valence-corrected chi connectivity index (χ1v) is 8.66. The Morgan fingerprint density at radius 1 is 1.04 bits per heavy atom. The SMILES string of the molecule is Cc1ccc(S(=O)(=O)N(CCC(=O)O)Cc2ccccc2)cc1. The summed E-state index contributed by atoms with van der Waals surface area (Å²) in [4.78, 5) is 11.0. The van der Waals surface area contributed by atoms with Crippen molar-refractivity contribution >= 4 is 16.0 Å². The van der Waals surface area contributed by atoms with Gasteiger partial charge >= 0.3 is 5.97 Å². The van der Waals surface area contributed by atoms with E-state index in [9.17, 15) is 13.2 Å². The van der Waals surface area contributed by atoms with E-state index >= 15 is 0 Å². The largest absolute Gasteiger partial charge is 0.481 e. The minimum Gasteiger partial charge on any atom is -0.481 e. The molecular formula is C17H19NO4S. The van der Waals surface area contributed by atoms with Gasteiger partial charge in [0.05, 0.1) is 11.3 Å². The number of benzene rings is 2. The molecule has 1 N–H and O–H groups in total. The van der Waals surface area contributed by atoms with E-state index in [0.29, 0.717) is 0 Å². The van der Waals surface area contributed by atoms with Crippen molar-refractivity contribution in [2.24, 2.45) is 0 Å². The monoisotopic (exact) mass is 333 g/mol. The minimum atomic E-state index is -3.74. The van der Waals surface area contributed by atoms with Crippen LogP contribution < -0.4 is 0 Å². The van der Waals surface area contributed by atoms with Crippen molar-refractivity contribution in [3.63, 3.8) is 0 Å². The smallest absolute Gasteiger partial charge is 0.304 e. The third-order valence-electron chi connectivity index (χ3n) is 3.44. The van der Waals surface area contributed by atoms with Gasteiger partial charge in [-0.25, -0.2) is 8.42 Å². The van der Waals surface area contributed by atoms with E-state index in [1.807, 2.05) is 37.3 Å². The van der Waals surface area contributed by atoms with Crippen molar-refractivity contribution in [1.29, 1.82) is 0 Å². The Labute approximate surface area is 136 Å². The second-order valence-corrected chi connectivity index (χ2v) is 7.22. The van der Waals surface area contributed by atoms with Gasteiger partial charge in [0.15, 0.2) is 0 Å². The van der Waals surface area contributed by atoms with Crippen LogP contribution in [0, 0.1) is 6.92 Å². The molecule has 5 nitrogen and oxygen atoms in total. The molecular weight excluding hydrogens is 314 g/mol. The summed E-state index contributed by atoms with van der Waals surface area (Å²) in [7, 11) is -3.74. The number of carbonyl (C=O) groups is 1. The maximum absolute atomic E-state index is 12.8. The van der Waals surface area contributed by atoms with Crippen LogP contribution >= 0.6 is 0 Å². The van der Waals surface area contributed by atoms with Crippen LogP contribution in [0.2, 0.25) is 0 Å². The molecule has 0 saturated carbocycles. The molecule has 0 aliphatic rings. The van der Waals surface area contributed by atoms with E-state index in [0.717, 1.165) is 11.1 Å². The number of sulfonamides is 1. The highest BCUT2D eigenvalue weighted by Crippen LogP contribution is 2.19. The second-order valence-electron chi connectivity index (χ2n) is 5.28. The summed E-state index contributed by atoms with van der Waals surface area (Å²) < 4.78 is 26.8. The van der Waals surface area contributed by atoms with Gasteiger partial charge < -0.3 is 5.11 Å². The molecule has 0 aliphatic heterocycles. The predicted molar refractivity (Wildman–Crippen MR) is 87.5 cm³/mol. The maximum Gasteiger partial charge on any atom is 0.304 e. The molecule has 2 rings (SSSR count). The Balaban J connectivity index is 2.31. The van der Waals surface area contributed by atoms with E-state index in [-0.39, 0.29) is 24.4 Å². The van der Waals surface area contributed by atoms with Gasteiger partial charge in [0, 0.05) is 13.1 Å². The van der Waals surface area contributed by atoms with Gasteiger partial charge in [0.2, 0.25) is 10.0 Å². The standard InChI is InChI=1S/C17H19NO4S/c1-14-7-9-16(10-8-14)23(21,22)18(12-11-17(19)20)13-15-5-3-2-4-6-15/h2-10H,11-13H2,1H3,(H,19,20). The first kappa shape index (κ1) is 17.2. The number of nitrogens with zero attached hydrogens (tertiary/aromatic N) is 1. The molecule has 0 spiro atoms. The van der Waals surface area contributed by atoms with Crippen molar-refractivity contribution in [1.82, 2.24) is 4.31 Å². The Bertz CT molecular complexity index is 755. The molecule has 0 unspecified atom stereocenters. The Hall–Kier alpha value is -2.18. The van der Waals surface area contributed by atoms with Crippen LogP contribution in [0.15, 0.2) is 59.5 Å². The average Bonchev–Trinajstić information content (AvgIpc) is 2.52. The van der Waals surface area contributed by atoms with Crippen LogP contribution in [-0.2, 0) is 21.4 Å². The molecule has 0 bridgehead atoms. The lowest BCUT2D eigenvalue weighted by Crippen LogP contribution is -2.32. The normalized spacial score (nSPS) is 11.6. The van der Waals surface area contributed by atoms with Crippen LogP contribution in [0.1, 0.15) is 17.5 Å². The van der Waals surface area contributed by atoms with Crippen molar-refractivity contribution in [2.75, 3.05) is 6.54 Å². The fraction of sp³-hybridized carbons (Fsp3) is 0.235. The Morgan fingerprint density at radius 3 is 2.22 bits per heavy atom. The molecule has 2 aromatic rings. The third kappa shape index (κ3) is 4.64. The number of aliphatic carboxylic acids is 1. The zero-order valence-corrected chi connectivity index (χ0v) is 13.7. The van der Waals surface area contributed by atoms with Gasteiger partial charge in [-0.15, -0.1) is 0 Å². The molecule has 23 heavy (non-hydrogen) atoms. The molecule has 0 amide bonds. The quantitative estimate of drug-likeness (QED) is 0.845. The van der Waals surface area contributed by atoms with Crippen LogP contribution in [0.4, 0.5) is 0 Å². The van der Waals surface area contributed by atoms with Gasteiger partial charge in [0.1, 0.15) is 0 Å². The summed E-state index contributed by atoms with van der Waals surface area (Å²) in [6.45, 7) is 1.95. The summed E-state index contributed by atoms with van der Waals surface area (Å²) in [6, 6.07) is 15.7. The fourth-order valence-electron chi connectivity index (χ4n) is 2.15. The highest BCUT2D eigenvalue weighted by molar-refractivity contribution is 7.89. The van der Waals surface area contributed by atoms with Gasteiger partial charge in [-0.2, -0.15) is 4.31 Å². The molecule has 0 aromatic heterocycles. The Morgan fingerprint density at radius 2 is 1.65 bits per heavy atom. The predicted octanol–water partition coefficient (Wildman–Crippen LogP) is 2.66. The van der Waals surface area contributed by atoms with E-state index in [2.05, 4.69) is 0 Å². The fourth-order valence-corrected chi connectivity index (χ4v) is 3.58.